The van der Waals surface area contributed by atoms with Crippen molar-refractivity contribution in [2.45, 2.75) is 150 Å². The van der Waals surface area contributed by atoms with E-state index in [9.17, 15) is 29.1 Å². The largest absolute Gasteiger partial charge is 0.465 e. The summed E-state index contributed by atoms with van der Waals surface area (Å²) in [5, 5.41) is 11.8. The number of likely N-dealkylation sites (N-methyl/N-ethyl adjacent to an activating group) is 1. The van der Waals surface area contributed by atoms with Crippen molar-refractivity contribution in [1.29, 1.82) is 0 Å². The third-order valence-corrected chi connectivity index (χ3v) is 10.2. The summed E-state index contributed by atoms with van der Waals surface area (Å²) in [5.41, 5.74) is 0.700. The van der Waals surface area contributed by atoms with Crippen molar-refractivity contribution in [2.24, 2.45) is 23.7 Å². The number of hydrogen-bond acceptors (Lipinski definition) is 15. The van der Waals surface area contributed by atoms with Crippen molar-refractivity contribution in [3.05, 3.63) is 23.8 Å². The van der Waals surface area contributed by atoms with Crippen molar-refractivity contribution in [2.75, 3.05) is 33.9 Å². The SMILES string of the molecule is CCOC(C[C@H]1C[C@@H](C)C(=O)/C=C/C(C)=C/[C@H](COC(C)=O)[C@@H](CC)OC(=O)C[C@@H](O)[C@H](C)[C@H]1O[C@@H]1O[C@H](C)[C@@H](OC(C)=O)[C@H](N(C)C)[C@H]1OC(C)=O)OCC. The Balaban J connectivity index is 2.77. The number of allylic oxidation sites excluding steroid dienone is 3. The zero-order chi connectivity index (χ0) is 42.3. The molecule has 2 aliphatic heterocycles. The maximum Gasteiger partial charge on any atom is 0.308 e. The lowest BCUT2D eigenvalue weighted by Crippen LogP contribution is -2.65. The molecule has 0 aromatic rings. The molecule has 0 saturated carbocycles. The predicted octanol–water partition coefficient (Wildman–Crippen LogP) is 4.32. The van der Waals surface area contributed by atoms with Gasteiger partial charge in [-0.25, -0.2) is 0 Å². The van der Waals surface area contributed by atoms with Gasteiger partial charge in [-0.05, 0) is 66.6 Å². The molecule has 0 aromatic heterocycles. The van der Waals surface area contributed by atoms with Crippen LogP contribution in [-0.2, 0) is 61.9 Å². The quantitative estimate of drug-likeness (QED) is 0.149. The average Bonchev–Trinajstić information content (AvgIpc) is 3.10. The van der Waals surface area contributed by atoms with Gasteiger partial charge in [0.05, 0.1) is 30.8 Å². The molecule has 0 unspecified atom stereocenters. The minimum atomic E-state index is -1.32. The number of esters is 4. The van der Waals surface area contributed by atoms with E-state index in [1.807, 2.05) is 26.8 Å². The highest BCUT2D eigenvalue weighted by molar-refractivity contribution is 5.91. The Kier molecular flexibility index (Phi) is 20.9. The van der Waals surface area contributed by atoms with Gasteiger partial charge in [-0.1, -0.05) is 38.5 Å². The van der Waals surface area contributed by atoms with E-state index in [2.05, 4.69) is 0 Å². The number of carbonyl (C=O) groups excluding carboxylic acids is 5. The van der Waals surface area contributed by atoms with Gasteiger partial charge in [0.2, 0.25) is 0 Å². The molecule has 2 heterocycles. The van der Waals surface area contributed by atoms with Crippen molar-refractivity contribution in [3.63, 3.8) is 0 Å². The maximum atomic E-state index is 13.8. The van der Waals surface area contributed by atoms with Gasteiger partial charge in [-0.2, -0.15) is 0 Å². The first-order chi connectivity index (χ1) is 26.3. The molecule has 0 radical (unpaired) electrons. The summed E-state index contributed by atoms with van der Waals surface area (Å²) in [7, 11) is 3.51. The lowest BCUT2D eigenvalue weighted by molar-refractivity contribution is -0.309. The molecule has 320 valence electrons. The fourth-order valence-corrected chi connectivity index (χ4v) is 7.43. The molecule has 1 N–H and O–H groups in total. The smallest absolute Gasteiger partial charge is 0.308 e. The van der Waals surface area contributed by atoms with Crippen LogP contribution in [0.1, 0.15) is 94.9 Å². The Morgan fingerprint density at radius 1 is 0.911 bits per heavy atom. The molecule has 12 atom stereocenters. The number of hydrogen-bond donors (Lipinski definition) is 1. The minimum absolute atomic E-state index is 0.0520. The standard InChI is InChI=1S/C41H67NO14/c1-13-34-31(22-51-27(8)43)18-23(4)16-17-32(46)24(5)19-30(20-36(49-14-2)50-15-3)38(25(6)33(47)21-35(48)55-34)56-41-40(54-29(10)45)37(42(11)12)39(26(7)52-41)53-28(9)44/h16-18,24-26,30-31,33-34,36-41,47H,13-15,19-22H2,1-12H3/b17-16+,23-18+/t24-,25+,26-,30-,31-,33-,34-,37+,38-,39-,40-,41+/m1/s1. The fraction of sp³-hybridized carbons (Fsp3) is 0.780. The number of ketones is 1. The maximum absolute atomic E-state index is 13.8. The predicted molar refractivity (Wildman–Crippen MR) is 205 cm³/mol. The van der Waals surface area contributed by atoms with E-state index < -0.39 is 109 Å². The van der Waals surface area contributed by atoms with Gasteiger partial charge in [0.15, 0.2) is 24.5 Å². The van der Waals surface area contributed by atoms with Gasteiger partial charge in [0.25, 0.3) is 0 Å². The van der Waals surface area contributed by atoms with Crippen LogP contribution in [-0.4, -0.2) is 129 Å². The molecule has 2 rings (SSSR count). The molecule has 2 aliphatic rings. The number of aliphatic hydroxyl groups is 1. The first-order valence-corrected chi connectivity index (χ1v) is 19.8. The Labute approximate surface area is 332 Å². The first kappa shape index (κ1) is 48.9. The lowest BCUT2D eigenvalue weighted by atomic mass is 9.79. The van der Waals surface area contributed by atoms with Crippen LogP contribution in [0.4, 0.5) is 0 Å². The monoisotopic (exact) mass is 797 g/mol. The summed E-state index contributed by atoms with van der Waals surface area (Å²) >= 11 is 0. The number of rotatable bonds is 14. The van der Waals surface area contributed by atoms with Crippen LogP contribution < -0.4 is 0 Å². The van der Waals surface area contributed by atoms with Gasteiger partial charge in [-0.3, -0.25) is 28.9 Å². The molecule has 0 spiro atoms. The Hall–Kier alpha value is -3.21. The van der Waals surface area contributed by atoms with Crippen molar-refractivity contribution in [3.8, 4) is 0 Å². The molecular formula is C41H67NO14. The van der Waals surface area contributed by atoms with E-state index in [4.69, 9.17) is 37.9 Å². The molecule has 0 aliphatic carbocycles. The van der Waals surface area contributed by atoms with Crippen LogP contribution in [0.2, 0.25) is 0 Å². The van der Waals surface area contributed by atoms with Gasteiger partial charge in [0, 0.05) is 58.2 Å². The second kappa shape index (κ2) is 23.9. The van der Waals surface area contributed by atoms with Crippen molar-refractivity contribution >= 4 is 29.7 Å². The number of carbonyl (C=O) groups is 5. The van der Waals surface area contributed by atoms with E-state index in [1.54, 1.807) is 52.8 Å². The summed E-state index contributed by atoms with van der Waals surface area (Å²) in [6.07, 6.45) is -2.16. The molecule has 15 heteroatoms. The number of cyclic esters (lactones) is 1. The van der Waals surface area contributed by atoms with Crippen molar-refractivity contribution in [1.82, 2.24) is 4.90 Å². The highest BCUT2D eigenvalue weighted by atomic mass is 16.7. The molecule has 56 heavy (non-hydrogen) atoms. The Bertz CT molecular complexity index is 1340. The van der Waals surface area contributed by atoms with Crippen LogP contribution in [0.3, 0.4) is 0 Å². The van der Waals surface area contributed by atoms with Crippen LogP contribution >= 0.6 is 0 Å². The Morgan fingerprint density at radius 2 is 1.52 bits per heavy atom. The van der Waals surface area contributed by atoms with E-state index in [-0.39, 0.29) is 25.2 Å². The second-order valence-corrected chi connectivity index (χ2v) is 15.1. The van der Waals surface area contributed by atoms with Crippen LogP contribution in [0, 0.1) is 23.7 Å². The van der Waals surface area contributed by atoms with E-state index in [1.165, 1.54) is 26.8 Å². The van der Waals surface area contributed by atoms with Crippen molar-refractivity contribution < 1.29 is 67.0 Å². The molecule has 0 aromatic carbocycles. The van der Waals surface area contributed by atoms with Gasteiger partial charge in [0.1, 0.15) is 18.8 Å². The molecule has 0 bridgehead atoms. The summed E-state index contributed by atoms with van der Waals surface area (Å²) in [6, 6.07) is -0.705. The molecule has 1 saturated heterocycles. The summed E-state index contributed by atoms with van der Waals surface area (Å²) in [6.45, 7) is 17.0. The van der Waals surface area contributed by atoms with E-state index >= 15 is 0 Å². The number of nitrogens with zero attached hydrogens (tertiary/aromatic N) is 1. The third kappa shape index (κ3) is 15.3. The zero-order valence-electron chi connectivity index (χ0n) is 35.4. The van der Waals surface area contributed by atoms with Gasteiger partial charge >= 0.3 is 23.9 Å². The van der Waals surface area contributed by atoms with Crippen LogP contribution in [0.5, 0.6) is 0 Å². The summed E-state index contributed by atoms with van der Waals surface area (Å²) < 4.78 is 47.9. The summed E-state index contributed by atoms with van der Waals surface area (Å²) in [4.78, 5) is 65.6. The number of aliphatic hydroxyl groups excluding tert-OH is 1. The molecule has 1 fully saturated rings. The number of ether oxygens (including phenoxy) is 8. The highest BCUT2D eigenvalue weighted by Gasteiger charge is 2.51. The fourth-order valence-electron chi connectivity index (χ4n) is 7.43. The van der Waals surface area contributed by atoms with Crippen LogP contribution in [0.15, 0.2) is 23.8 Å². The van der Waals surface area contributed by atoms with E-state index in [0.29, 0.717) is 25.2 Å². The van der Waals surface area contributed by atoms with E-state index in [0.717, 1.165) is 0 Å². The zero-order valence-corrected chi connectivity index (χ0v) is 35.4. The third-order valence-electron chi connectivity index (χ3n) is 10.2. The second-order valence-electron chi connectivity index (χ2n) is 15.1. The molecular weight excluding hydrogens is 730 g/mol. The minimum Gasteiger partial charge on any atom is -0.465 e. The van der Waals surface area contributed by atoms with Gasteiger partial charge in [-0.15, -0.1) is 0 Å². The average molecular weight is 798 g/mol. The summed E-state index contributed by atoms with van der Waals surface area (Å²) in [5.74, 6) is -4.93. The Morgan fingerprint density at radius 3 is 2.05 bits per heavy atom. The molecule has 0 amide bonds. The topological polar surface area (TPSA) is 183 Å². The first-order valence-electron chi connectivity index (χ1n) is 19.8. The molecule has 15 nitrogen and oxygen atoms in total. The van der Waals surface area contributed by atoms with Crippen LogP contribution in [0.25, 0.3) is 0 Å². The lowest BCUT2D eigenvalue weighted by Gasteiger charge is -2.48. The highest BCUT2D eigenvalue weighted by Crippen LogP contribution is 2.37. The normalized spacial score (nSPS) is 33.9. The van der Waals surface area contributed by atoms with Gasteiger partial charge < -0.3 is 43.0 Å².